The number of halogens is 1. The van der Waals surface area contributed by atoms with E-state index in [1.807, 2.05) is 0 Å². The smallest absolute Gasteiger partial charge is 0.325 e. The Morgan fingerprint density at radius 2 is 2.00 bits per heavy atom. The lowest BCUT2D eigenvalue weighted by Crippen LogP contribution is -2.39. The molecule has 3 amide bonds. The molecule has 2 N–H and O–H groups in total. The number of alkyl halides is 1. The summed E-state index contributed by atoms with van der Waals surface area (Å²) in [6, 6.07) is -0.341. The molecule has 6 nitrogen and oxygen atoms in total. The van der Waals surface area contributed by atoms with Crippen molar-refractivity contribution in [3.8, 4) is 0 Å². The summed E-state index contributed by atoms with van der Waals surface area (Å²) in [4.78, 5) is 38.5. The quantitative estimate of drug-likeness (QED) is 0.546. The summed E-state index contributed by atoms with van der Waals surface area (Å²) in [6.07, 6.45) is 7.14. The Kier molecular flexibility index (Phi) is 5.48. The zero-order valence-electron chi connectivity index (χ0n) is 14.8. The van der Waals surface area contributed by atoms with Gasteiger partial charge in [-0.05, 0) is 50.5 Å². The molecule has 4 rings (SSSR count). The fourth-order valence-corrected chi connectivity index (χ4v) is 6.60. The van der Waals surface area contributed by atoms with Gasteiger partial charge in [0.15, 0.2) is 5.78 Å². The van der Waals surface area contributed by atoms with Crippen LogP contribution in [-0.4, -0.2) is 57.8 Å². The van der Waals surface area contributed by atoms with Crippen LogP contribution < -0.4 is 10.6 Å². The van der Waals surface area contributed by atoms with Crippen LogP contribution in [0.5, 0.6) is 0 Å². The number of nitrogens with zero attached hydrogens (tertiary/aromatic N) is 1. The van der Waals surface area contributed by atoms with E-state index in [1.54, 1.807) is 0 Å². The van der Waals surface area contributed by atoms with Crippen LogP contribution in [0.15, 0.2) is 0 Å². The van der Waals surface area contributed by atoms with Gasteiger partial charge in [0.25, 0.3) is 5.91 Å². The SMILES string of the molecule is O=C(CN1C(=O)N[C@@H](CC2CNC3CCCCC23)C1=O)C1CCC(Cl)S1. The van der Waals surface area contributed by atoms with Gasteiger partial charge in [-0.3, -0.25) is 14.5 Å². The highest BCUT2D eigenvalue weighted by Gasteiger charge is 2.45. The molecule has 0 bridgehead atoms. The van der Waals surface area contributed by atoms with Crippen molar-refractivity contribution in [2.45, 2.75) is 67.0 Å². The van der Waals surface area contributed by atoms with Crippen molar-refractivity contribution in [2.24, 2.45) is 11.8 Å². The van der Waals surface area contributed by atoms with Crippen LogP contribution >= 0.6 is 23.4 Å². The maximum Gasteiger partial charge on any atom is 0.325 e. The van der Waals surface area contributed by atoms with Gasteiger partial charge in [0.2, 0.25) is 0 Å². The van der Waals surface area contributed by atoms with Gasteiger partial charge in [0, 0.05) is 6.04 Å². The van der Waals surface area contributed by atoms with E-state index in [0.717, 1.165) is 24.3 Å². The predicted octanol–water partition coefficient (Wildman–Crippen LogP) is 2.10. The molecule has 26 heavy (non-hydrogen) atoms. The van der Waals surface area contributed by atoms with Crippen molar-refractivity contribution >= 4 is 41.1 Å². The fraction of sp³-hybridized carbons (Fsp3) is 0.833. The molecule has 0 aromatic heterocycles. The molecule has 4 fully saturated rings. The van der Waals surface area contributed by atoms with Crippen molar-refractivity contribution in [1.82, 2.24) is 15.5 Å². The Labute approximate surface area is 163 Å². The molecule has 4 aliphatic rings. The van der Waals surface area contributed by atoms with Gasteiger partial charge in [-0.25, -0.2) is 4.79 Å². The summed E-state index contributed by atoms with van der Waals surface area (Å²) in [5.41, 5.74) is 0. The Balaban J connectivity index is 1.34. The average molecular weight is 400 g/mol. The summed E-state index contributed by atoms with van der Waals surface area (Å²) in [7, 11) is 0. The summed E-state index contributed by atoms with van der Waals surface area (Å²) in [5, 5.41) is 6.20. The van der Waals surface area contributed by atoms with E-state index in [9.17, 15) is 14.4 Å². The van der Waals surface area contributed by atoms with E-state index in [-0.39, 0.29) is 28.2 Å². The summed E-state index contributed by atoms with van der Waals surface area (Å²) in [6.45, 7) is 0.793. The molecule has 3 saturated heterocycles. The zero-order chi connectivity index (χ0) is 18.3. The highest BCUT2D eigenvalue weighted by atomic mass is 35.5. The minimum absolute atomic E-state index is 0.0434. The lowest BCUT2D eigenvalue weighted by molar-refractivity contribution is -0.131. The second kappa shape index (κ2) is 7.68. The van der Waals surface area contributed by atoms with Crippen molar-refractivity contribution in [1.29, 1.82) is 0 Å². The molecule has 5 unspecified atom stereocenters. The van der Waals surface area contributed by atoms with Crippen LogP contribution in [0, 0.1) is 11.8 Å². The number of imide groups is 1. The molecule has 1 saturated carbocycles. The molecule has 0 spiro atoms. The van der Waals surface area contributed by atoms with Crippen LogP contribution in [0.25, 0.3) is 0 Å². The van der Waals surface area contributed by atoms with E-state index in [2.05, 4.69) is 10.6 Å². The number of ketones is 1. The van der Waals surface area contributed by atoms with E-state index in [1.165, 1.54) is 37.4 Å². The van der Waals surface area contributed by atoms with Crippen molar-refractivity contribution in [3.05, 3.63) is 0 Å². The fourth-order valence-electron chi connectivity index (χ4n) is 4.97. The van der Waals surface area contributed by atoms with E-state index in [4.69, 9.17) is 11.6 Å². The second-order valence-corrected chi connectivity index (χ2v) is 10.2. The number of hydrogen-bond donors (Lipinski definition) is 2. The van der Waals surface area contributed by atoms with Gasteiger partial charge in [0.1, 0.15) is 6.04 Å². The van der Waals surface area contributed by atoms with Crippen molar-refractivity contribution < 1.29 is 14.4 Å². The number of Topliss-reactive ketones (excluding diaryl/α,β-unsaturated/α-hetero) is 1. The number of carbonyl (C=O) groups is 3. The zero-order valence-corrected chi connectivity index (χ0v) is 16.4. The van der Waals surface area contributed by atoms with Crippen molar-refractivity contribution in [3.63, 3.8) is 0 Å². The van der Waals surface area contributed by atoms with E-state index >= 15 is 0 Å². The Morgan fingerprint density at radius 3 is 2.77 bits per heavy atom. The number of urea groups is 1. The third kappa shape index (κ3) is 3.62. The lowest BCUT2D eigenvalue weighted by atomic mass is 9.77. The van der Waals surface area contributed by atoms with Crippen LogP contribution in [0.1, 0.15) is 44.9 Å². The Morgan fingerprint density at radius 1 is 1.19 bits per heavy atom. The maximum absolute atomic E-state index is 12.7. The number of carbonyl (C=O) groups excluding carboxylic acids is 3. The molecular formula is C18H26ClN3O3S. The average Bonchev–Trinajstić information content (AvgIpc) is 3.30. The lowest BCUT2D eigenvalue weighted by Gasteiger charge is -2.29. The monoisotopic (exact) mass is 399 g/mol. The maximum atomic E-state index is 12.7. The number of nitrogens with one attached hydrogen (secondary N) is 2. The molecular weight excluding hydrogens is 374 g/mol. The number of fused-ring (bicyclic) bond motifs is 1. The standard InChI is InChI=1S/C18H26ClN3O3S/c19-16-6-5-15(26-16)14(23)9-22-17(24)13(21-18(22)25)7-10-8-20-12-4-2-1-3-11(10)12/h10-13,15-16,20H,1-9H2,(H,21,25)/t10?,11?,12?,13-,15?,16?/m0/s1. The first-order valence-electron chi connectivity index (χ1n) is 9.70. The number of amides is 3. The second-order valence-electron chi connectivity index (χ2n) is 7.96. The van der Waals surface area contributed by atoms with Gasteiger partial charge >= 0.3 is 6.03 Å². The molecule has 3 heterocycles. The highest BCUT2D eigenvalue weighted by Crippen LogP contribution is 2.38. The largest absolute Gasteiger partial charge is 0.326 e. The Hall–Kier alpha value is -0.790. The molecule has 6 atom stereocenters. The van der Waals surface area contributed by atoms with Crippen molar-refractivity contribution in [2.75, 3.05) is 13.1 Å². The number of hydrogen-bond acceptors (Lipinski definition) is 5. The van der Waals surface area contributed by atoms with E-state index in [0.29, 0.717) is 24.3 Å². The highest BCUT2D eigenvalue weighted by molar-refractivity contribution is 8.02. The predicted molar refractivity (Wildman–Crippen MR) is 101 cm³/mol. The Bertz CT molecular complexity index is 604. The molecule has 8 heteroatoms. The number of thioether (sulfide) groups is 1. The van der Waals surface area contributed by atoms with Gasteiger partial charge in [-0.2, -0.15) is 0 Å². The first kappa shape index (κ1) is 18.6. The minimum Gasteiger partial charge on any atom is -0.326 e. The van der Waals surface area contributed by atoms with Gasteiger partial charge < -0.3 is 10.6 Å². The molecule has 0 aromatic carbocycles. The molecule has 0 radical (unpaired) electrons. The van der Waals surface area contributed by atoms with E-state index < -0.39 is 12.1 Å². The summed E-state index contributed by atoms with van der Waals surface area (Å²) >= 11 is 7.48. The topological polar surface area (TPSA) is 78.5 Å². The third-order valence-corrected chi connectivity index (χ3v) is 8.24. The minimum atomic E-state index is -0.486. The van der Waals surface area contributed by atoms with Gasteiger partial charge in [0.05, 0.1) is 16.5 Å². The van der Waals surface area contributed by atoms with Crippen LogP contribution in [0.3, 0.4) is 0 Å². The first-order valence-corrected chi connectivity index (χ1v) is 11.1. The molecule has 3 aliphatic heterocycles. The molecule has 1 aliphatic carbocycles. The number of rotatable bonds is 5. The van der Waals surface area contributed by atoms with Crippen LogP contribution in [0.2, 0.25) is 0 Å². The van der Waals surface area contributed by atoms with Crippen LogP contribution in [0.4, 0.5) is 4.79 Å². The summed E-state index contributed by atoms with van der Waals surface area (Å²) in [5.74, 6) is 0.720. The molecule has 0 aromatic rings. The summed E-state index contributed by atoms with van der Waals surface area (Å²) < 4.78 is -0.0434. The van der Waals surface area contributed by atoms with Crippen LogP contribution in [-0.2, 0) is 9.59 Å². The molecule has 144 valence electrons. The first-order chi connectivity index (χ1) is 12.5. The third-order valence-electron chi connectivity index (χ3n) is 6.35. The van der Waals surface area contributed by atoms with Gasteiger partial charge in [-0.15, -0.1) is 23.4 Å². The van der Waals surface area contributed by atoms with Gasteiger partial charge in [-0.1, -0.05) is 12.8 Å². The normalized spacial score (nSPS) is 40.0.